The van der Waals surface area contributed by atoms with Gasteiger partial charge in [0, 0.05) is 32.0 Å². The molecule has 1 saturated carbocycles. The van der Waals surface area contributed by atoms with E-state index in [-0.39, 0.29) is 0 Å². The van der Waals surface area contributed by atoms with Gasteiger partial charge in [-0.3, -0.25) is 0 Å². The summed E-state index contributed by atoms with van der Waals surface area (Å²) in [5.74, 6) is 0. The Hall–Kier alpha value is -0.520. The van der Waals surface area contributed by atoms with Crippen molar-refractivity contribution in [1.29, 1.82) is 0 Å². The van der Waals surface area contributed by atoms with E-state index in [1.807, 2.05) is 0 Å². The van der Waals surface area contributed by atoms with Crippen molar-refractivity contribution in [3.63, 3.8) is 0 Å². The zero-order valence-electron chi connectivity index (χ0n) is 10.7. The summed E-state index contributed by atoms with van der Waals surface area (Å²) < 4.78 is 5.74. The molecule has 0 radical (unpaired) electrons. The summed E-state index contributed by atoms with van der Waals surface area (Å²) in [6, 6.07) is 0.785. The molecule has 0 spiro atoms. The maximum absolute atomic E-state index is 5.74. The van der Waals surface area contributed by atoms with Gasteiger partial charge in [0.05, 0.1) is 6.10 Å². The summed E-state index contributed by atoms with van der Waals surface area (Å²) in [6.45, 7) is 1.96. The van der Waals surface area contributed by atoms with Gasteiger partial charge in [0.1, 0.15) is 10.0 Å². The molecule has 1 aliphatic heterocycles. The molecule has 1 saturated heterocycles. The van der Waals surface area contributed by atoms with Gasteiger partial charge in [0.2, 0.25) is 0 Å². The highest BCUT2D eigenvalue weighted by Crippen LogP contribution is 2.20. The van der Waals surface area contributed by atoms with Gasteiger partial charge in [-0.2, -0.15) is 0 Å². The van der Waals surface area contributed by atoms with Crippen molar-refractivity contribution in [2.24, 2.45) is 0 Å². The second kappa shape index (κ2) is 6.08. The first kappa shape index (κ1) is 12.5. The van der Waals surface area contributed by atoms with Gasteiger partial charge in [-0.25, -0.2) is 0 Å². The highest BCUT2D eigenvalue weighted by atomic mass is 32.1. The minimum Gasteiger partial charge on any atom is -0.378 e. The topological polar surface area (TPSA) is 47.0 Å². The van der Waals surface area contributed by atoms with Crippen LogP contribution in [0.4, 0.5) is 0 Å². The maximum Gasteiger partial charge on any atom is 0.120 e. The normalized spacial score (nSPS) is 24.3. The third-order valence-corrected chi connectivity index (χ3v) is 4.54. The smallest absolute Gasteiger partial charge is 0.120 e. The Morgan fingerprint density at radius 3 is 2.83 bits per heavy atom. The molecule has 0 amide bonds. The van der Waals surface area contributed by atoms with E-state index in [4.69, 9.17) is 4.74 Å². The lowest BCUT2D eigenvalue weighted by Gasteiger charge is -2.21. The van der Waals surface area contributed by atoms with Crippen molar-refractivity contribution in [3.8, 4) is 0 Å². The zero-order chi connectivity index (χ0) is 12.2. The van der Waals surface area contributed by atoms with Gasteiger partial charge < -0.3 is 10.1 Å². The number of nitrogens with zero attached hydrogens (tertiary/aromatic N) is 2. The molecule has 1 aromatic heterocycles. The van der Waals surface area contributed by atoms with Crippen LogP contribution in [0.2, 0.25) is 0 Å². The molecule has 0 aromatic carbocycles. The molecule has 2 aliphatic rings. The Labute approximate surface area is 112 Å². The monoisotopic (exact) mass is 267 g/mol. The Kier molecular flexibility index (Phi) is 4.23. The van der Waals surface area contributed by atoms with Crippen LogP contribution in [0.1, 0.15) is 42.1 Å². The van der Waals surface area contributed by atoms with Crippen molar-refractivity contribution in [1.82, 2.24) is 15.5 Å². The molecule has 4 nitrogen and oxygen atoms in total. The lowest BCUT2D eigenvalue weighted by molar-refractivity contribution is 0.0167. The van der Waals surface area contributed by atoms with Crippen molar-refractivity contribution >= 4 is 11.3 Å². The fraction of sp³-hybridized carbons (Fsp3) is 0.846. The van der Waals surface area contributed by atoms with Crippen LogP contribution in [0.25, 0.3) is 0 Å². The number of nitrogens with one attached hydrogen (secondary N) is 1. The average molecular weight is 267 g/mol. The fourth-order valence-corrected chi connectivity index (χ4v) is 3.21. The van der Waals surface area contributed by atoms with Crippen molar-refractivity contribution in [2.45, 2.75) is 57.1 Å². The van der Waals surface area contributed by atoms with E-state index in [0.717, 1.165) is 42.1 Å². The lowest BCUT2D eigenvalue weighted by atomic mass is 10.1. The predicted octanol–water partition coefficient (Wildman–Crippen LogP) is 1.94. The lowest BCUT2D eigenvalue weighted by Crippen LogP contribution is -2.21. The zero-order valence-corrected chi connectivity index (χ0v) is 11.5. The molecule has 2 heterocycles. The van der Waals surface area contributed by atoms with E-state index in [1.54, 1.807) is 11.3 Å². The summed E-state index contributed by atoms with van der Waals surface area (Å²) in [6.07, 6.45) is 8.72. The second-order valence-corrected chi connectivity index (χ2v) is 6.41. The van der Waals surface area contributed by atoms with Gasteiger partial charge in [-0.15, -0.1) is 21.5 Å². The van der Waals surface area contributed by atoms with Crippen LogP contribution in [0.3, 0.4) is 0 Å². The number of aromatic nitrogens is 2. The SMILES string of the molecule is C1CCC(Cc2nnc(CCNC3CC3)s2)OC1. The summed E-state index contributed by atoms with van der Waals surface area (Å²) in [5.41, 5.74) is 0. The second-order valence-electron chi connectivity index (χ2n) is 5.26. The molecule has 100 valence electrons. The van der Waals surface area contributed by atoms with Crippen molar-refractivity contribution < 1.29 is 4.74 Å². The minimum absolute atomic E-state index is 0.379. The van der Waals surface area contributed by atoms with E-state index < -0.39 is 0 Å². The molecule has 2 fully saturated rings. The van der Waals surface area contributed by atoms with Crippen molar-refractivity contribution in [2.75, 3.05) is 13.2 Å². The molecule has 1 atom stereocenters. The first-order valence-corrected chi connectivity index (χ1v) is 7.88. The summed E-state index contributed by atoms with van der Waals surface area (Å²) >= 11 is 1.76. The van der Waals surface area contributed by atoms with E-state index in [9.17, 15) is 0 Å². The molecule has 5 heteroatoms. The van der Waals surface area contributed by atoms with Gasteiger partial charge in [-0.05, 0) is 32.1 Å². The van der Waals surface area contributed by atoms with Crippen LogP contribution in [-0.2, 0) is 17.6 Å². The first-order chi connectivity index (χ1) is 8.90. The van der Waals surface area contributed by atoms with Crippen LogP contribution in [0, 0.1) is 0 Å². The maximum atomic E-state index is 5.74. The van der Waals surface area contributed by atoms with Gasteiger partial charge in [0.25, 0.3) is 0 Å². The minimum atomic E-state index is 0.379. The van der Waals surface area contributed by atoms with Crippen molar-refractivity contribution in [3.05, 3.63) is 10.0 Å². The molecular formula is C13H21N3OS. The van der Waals surface area contributed by atoms with E-state index in [2.05, 4.69) is 15.5 Å². The van der Waals surface area contributed by atoms with E-state index >= 15 is 0 Å². The molecule has 1 aliphatic carbocycles. The standard InChI is InChI=1S/C13H21N3OS/c1-2-8-17-11(3-1)9-13-16-15-12(18-13)6-7-14-10-4-5-10/h10-11,14H,1-9H2. The van der Waals surface area contributed by atoms with Crippen LogP contribution in [0.15, 0.2) is 0 Å². The Morgan fingerprint density at radius 2 is 2.06 bits per heavy atom. The average Bonchev–Trinajstić information content (AvgIpc) is 3.11. The van der Waals surface area contributed by atoms with Crippen LogP contribution < -0.4 is 5.32 Å². The largest absolute Gasteiger partial charge is 0.378 e. The number of ether oxygens (including phenoxy) is 1. The summed E-state index contributed by atoms with van der Waals surface area (Å²) in [7, 11) is 0. The number of hydrogen-bond donors (Lipinski definition) is 1. The Balaban J connectivity index is 1.42. The third kappa shape index (κ3) is 3.73. The van der Waals surface area contributed by atoms with Crippen LogP contribution in [-0.4, -0.2) is 35.5 Å². The third-order valence-electron chi connectivity index (χ3n) is 3.53. The quantitative estimate of drug-likeness (QED) is 0.855. The predicted molar refractivity (Wildman–Crippen MR) is 71.9 cm³/mol. The van der Waals surface area contributed by atoms with Crippen LogP contribution >= 0.6 is 11.3 Å². The molecule has 0 bridgehead atoms. The molecule has 1 unspecified atom stereocenters. The highest BCUT2D eigenvalue weighted by Gasteiger charge is 2.20. The Bertz CT molecular complexity index is 372. The van der Waals surface area contributed by atoms with Gasteiger partial charge in [0.15, 0.2) is 0 Å². The molecule has 3 rings (SSSR count). The van der Waals surface area contributed by atoms with Crippen LogP contribution in [0.5, 0.6) is 0 Å². The number of rotatable bonds is 6. The van der Waals surface area contributed by atoms with E-state index in [0.29, 0.717) is 6.10 Å². The molecule has 18 heavy (non-hydrogen) atoms. The summed E-state index contributed by atoms with van der Waals surface area (Å²) in [5, 5.41) is 14.4. The van der Waals surface area contributed by atoms with Gasteiger partial charge >= 0.3 is 0 Å². The molecular weight excluding hydrogens is 246 g/mol. The highest BCUT2D eigenvalue weighted by molar-refractivity contribution is 7.11. The van der Waals surface area contributed by atoms with E-state index in [1.165, 1.54) is 32.1 Å². The first-order valence-electron chi connectivity index (χ1n) is 7.06. The molecule has 1 aromatic rings. The fourth-order valence-electron chi connectivity index (χ4n) is 2.31. The van der Waals surface area contributed by atoms with Gasteiger partial charge in [-0.1, -0.05) is 0 Å². The Morgan fingerprint density at radius 1 is 1.17 bits per heavy atom. The molecule has 1 N–H and O–H groups in total. The number of hydrogen-bond acceptors (Lipinski definition) is 5. The summed E-state index contributed by atoms with van der Waals surface area (Å²) in [4.78, 5) is 0.